The van der Waals surface area contributed by atoms with Gasteiger partial charge in [0.15, 0.2) is 12.1 Å². The van der Waals surface area contributed by atoms with Gasteiger partial charge in [-0.05, 0) is 32.4 Å². The van der Waals surface area contributed by atoms with E-state index >= 15 is 0 Å². The SMILES string of the molecule is CO[C@H]1O[C@H]([C@@H](CP(c2ccccc2)c2ccccc2)OS(C)(=O)=O)[C@@H]2OC(C)(C)O[C@H]12. The van der Waals surface area contributed by atoms with Crippen molar-refractivity contribution in [3.8, 4) is 0 Å². The molecule has 0 radical (unpaired) electrons. The first-order valence-corrected chi connectivity index (χ1v) is 13.8. The minimum atomic E-state index is -3.76. The third-order valence-electron chi connectivity index (χ3n) is 5.44. The summed E-state index contributed by atoms with van der Waals surface area (Å²) in [5.41, 5.74) is 0. The van der Waals surface area contributed by atoms with E-state index in [0.29, 0.717) is 6.16 Å². The molecule has 2 aromatic carbocycles. The van der Waals surface area contributed by atoms with Gasteiger partial charge in [0.25, 0.3) is 10.1 Å². The fraction of sp³-hybridized carbons (Fsp3) is 0.478. The highest BCUT2D eigenvalue weighted by Gasteiger charge is 2.58. The molecule has 2 aromatic rings. The molecule has 9 heteroatoms. The van der Waals surface area contributed by atoms with Crippen molar-refractivity contribution in [3.05, 3.63) is 60.7 Å². The van der Waals surface area contributed by atoms with Gasteiger partial charge in [-0.1, -0.05) is 60.7 Å². The molecule has 0 bridgehead atoms. The lowest BCUT2D eigenvalue weighted by atomic mass is 10.1. The van der Waals surface area contributed by atoms with Gasteiger partial charge in [-0.3, -0.25) is 4.18 Å². The second-order valence-corrected chi connectivity index (χ2v) is 12.2. The molecule has 7 nitrogen and oxygen atoms in total. The fourth-order valence-corrected chi connectivity index (χ4v) is 7.40. The second-order valence-electron chi connectivity index (χ2n) is 8.39. The van der Waals surface area contributed by atoms with Crippen LogP contribution in [0, 0.1) is 0 Å². The number of methoxy groups -OCH3 is 1. The van der Waals surface area contributed by atoms with Crippen LogP contribution in [0.3, 0.4) is 0 Å². The largest absolute Gasteiger partial charge is 0.353 e. The van der Waals surface area contributed by atoms with Crippen LogP contribution in [0.5, 0.6) is 0 Å². The zero-order valence-electron chi connectivity index (χ0n) is 18.6. The van der Waals surface area contributed by atoms with Crippen molar-refractivity contribution in [3.63, 3.8) is 0 Å². The van der Waals surface area contributed by atoms with E-state index in [1.54, 1.807) is 0 Å². The molecule has 0 aromatic heterocycles. The van der Waals surface area contributed by atoms with Gasteiger partial charge in [0.05, 0.1) is 6.26 Å². The third kappa shape index (κ3) is 5.39. The standard InChI is InChI=1S/C23H29O7PS/c1-23(2)28-20-19(27-22(26-3)21(20)29-23)18(30-32(4,24)25)15-31(16-11-7-5-8-12-16)17-13-9-6-10-14-17/h5-14,18-22H,15H2,1-4H3/t18-,19-,20+,21+,22+/m1/s1. The van der Waals surface area contributed by atoms with Gasteiger partial charge < -0.3 is 18.9 Å². The topological polar surface area (TPSA) is 80.3 Å². The van der Waals surface area contributed by atoms with Crippen LogP contribution in [0.4, 0.5) is 0 Å². The van der Waals surface area contributed by atoms with Crippen molar-refractivity contribution in [1.29, 1.82) is 0 Å². The Balaban J connectivity index is 1.69. The number of ether oxygens (including phenoxy) is 4. The first-order valence-electron chi connectivity index (χ1n) is 10.5. The Hall–Kier alpha value is -1.38. The summed E-state index contributed by atoms with van der Waals surface area (Å²) in [5.74, 6) is -0.826. The summed E-state index contributed by atoms with van der Waals surface area (Å²) in [6, 6.07) is 20.1. The summed E-state index contributed by atoms with van der Waals surface area (Å²) in [4.78, 5) is 0. The molecule has 0 saturated carbocycles. The summed E-state index contributed by atoms with van der Waals surface area (Å²) in [7, 11) is -3.15. The molecule has 5 atom stereocenters. The predicted molar refractivity (Wildman–Crippen MR) is 123 cm³/mol. The quantitative estimate of drug-likeness (QED) is 0.424. The van der Waals surface area contributed by atoms with E-state index in [0.717, 1.165) is 16.9 Å². The van der Waals surface area contributed by atoms with E-state index in [1.807, 2.05) is 50.2 Å². The zero-order chi connectivity index (χ0) is 22.9. The zero-order valence-corrected chi connectivity index (χ0v) is 20.3. The van der Waals surface area contributed by atoms with Crippen LogP contribution in [0.25, 0.3) is 0 Å². The van der Waals surface area contributed by atoms with Gasteiger partial charge in [0.1, 0.15) is 24.4 Å². The van der Waals surface area contributed by atoms with Gasteiger partial charge in [-0.15, -0.1) is 0 Å². The molecular formula is C23H29O7PS. The van der Waals surface area contributed by atoms with Crippen molar-refractivity contribution in [2.75, 3.05) is 19.5 Å². The van der Waals surface area contributed by atoms with Gasteiger partial charge in [-0.2, -0.15) is 8.42 Å². The number of rotatable bonds is 8. The van der Waals surface area contributed by atoms with Crippen LogP contribution in [-0.2, 0) is 33.2 Å². The first-order chi connectivity index (χ1) is 15.2. The van der Waals surface area contributed by atoms with E-state index in [2.05, 4.69) is 24.3 Å². The van der Waals surface area contributed by atoms with Crippen LogP contribution in [-0.4, -0.2) is 64.4 Å². The van der Waals surface area contributed by atoms with Crippen molar-refractivity contribution in [2.45, 2.75) is 50.3 Å². The molecule has 0 amide bonds. The Labute approximate surface area is 190 Å². The minimum absolute atomic E-state index is 0.435. The number of hydrogen-bond acceptors (Lipinski definition) is 7. The molecule has 0 spiro atoms. The van der Waals surface area contributed by atoms with Crippen LogP contribution >= 0.6 is 7.92 Å². The molecule has 0 aliphatic carbocycles. The average molecular weight is 481 g/mol. The number of hydrogen-bond donors (Lipinski definition) is 0. The number of benzene rings is 2. The Morgan fingerprint density at radius 1 is 0.969 bits per heavy atom. The molecule has 2 heterocycles. The van der Waals surface area contributed by atoms with Gasteiger partial charge >= 0.3 is 0 Å². The first kappa shape index (κ1) is 23.8. The van der Waals surface area contributed by atoms with E-state index in [1.165, 1.54) is 7.11 Å². The highest BCUT2D eigenvalue weighted by molar-refractivity contribution is 7.86. The maximum atomic E-state index is 12.2. The molecule has 32 heavy (non-hydrogen) atoms. The van der Waals surface area contributed by atoms with Crippen molar-refractivity contribution in [1.82, 2.24) is 0 Å². The molecule has 4 rings (SSSR count). The lowest BCUT2D eigenvalue weighted by Gasteiger charge is -2.31. The van der Waals surface area contributed by atoms with Crippen LogP contribution in [0.1, 0.15) is 13.8 Å². The third-order valence-corrected chi connectivity index (χ3v) is 8.61. The summed E-state index contributed by atoms with van der Waals surface area (Å²) in [6.07, 6.45) is -1.60. The Morgan fingerprint density at radius 2 is 1.50 bits per heavy atom. The average Bonchev–Trinajstić information content (AvgIpc) is 3.24. The highest BCUT2D eigenvalue weighted by Crippen LogP contribution is 2.43. The lowest BCUT2D eigenvalue weighted by Crippen LogP contribution is -2.43. The predicted octanol–water partition coefficient (Wildman–Crippen LogP) is 2.36. The molecule has 0 unspecified atom stereocenters. The molecule has 2 saturated heterocycles. The van der Waals surface area contributed by atoms with E-state index in [9.17, 15) is 8.42 Å². The molecular weight excluding hydrogens is 451 g/mol. The molecule has 174 valence electrons. The van der Waals surface area contributed by atoms with Crippen LogP contribution in [0.2, 0.25) is 0 Å². The summed E-state index contributed by atoms with van der Waals surface area (Å²) in [5, 5.41) is 2.25. The summed E-state index contributed by atoms with van der Waals surface area (Å²) < 4.78 is 53.8. The van der Waals surface area contributed by atoms with E-state index < -0.39 is 54.5 Å². The normalized spacial score (nSPS) is 28.0. The van der Waals surface area contributed by atoms with Crippen LogP contribution in [0.15, 0.2) is 60.7 Å². The Kier molecular flexibility index (Phi) is 7.03. The second kappa shape index (κ2) is 9.47. The Bertz CT molecular complexity index is 960. The minimum Gasteiger partial charge on any atom is -0.353 e. The summed E-state index contributed by atoms with van der Waals surface area (Å²) >= 11 is 0. The van der Waals surface area contributed by atoms with Gasteiger partial charge in [0.2, 0.25) is 0 Å². The lowest BCUT2D eigenvalue weighted by molar-refractivity contribution is -0.234. The number of fused-ring (bicyclic) bond motifs is 1. The Morgan fingerprint density at radius 3 is 2.00 bits per heavy atom. The van der Waals surface area contributed by atoms with E-state index in [4.69, 9.17) is 23.1 Å². The van der Waals surface area contributed by atoms with Crippen molar-refractivity contribution < 1.29 is 31.5 Å². The molecule has 0 N–H and O–H groups in total. The highest BCUT2D eigenvalue weighted by atomic mass is 32.2. The molecule has 2 fully saturated rings. The van der Waals surface area contributed by atoms with Crippen molar-refractivity contribution >= 4 is 28.6 Å². The molecule has 2 aliphatic rings. The van der Waals surface area contributed by atoms with Crippen molar-refractivity contribution in [2.24, 2.45) is 0 Å². The maximum absolute atomic E-state index is 12.2. The van der Waals surface area contributed by atoms with Crippen LogP contribution < -0.4 is 10.6 Å². The molecule has 2 aliphatic heterocycles. The summed E-state index contributed by atoms with van der Waals surface area (Å²) in [6.45, 7) is 3.64. The maximum Gasteiger partial charge on any atom is 0.264 e. The van der Waals surface area contributed by atoms with Gasteiger partial charge in [0, 0.05) is 13.3 Å². The monoisotopic (exact) mass is 480 g/mol. The smallest absolute Gasteiger partial charge is 0.264 e. The van der Waals surface area contributed by atoms with E-state index in [-0.39, 0.29) is 0 Å². The van der Waals surface area contributed by atoms with Gasteiger partial charge in [-0.25, -0.2) is 0 Å². The fourth-order valence-electron chi connectivity index (χ4n) is 4.25.